The Kier molecular flexibility index (Phi) is 4.95. The molecule has 2 aromatic carbocycles. The van der Waals surface area contributed by atoms with E-state index in [0.717, 1.165) is 16.8 Å². The lowest BCUT2D eigenvalue weighted by atomic mass is 10.1. The number of anilines is 1. The largest absolute Gasteiger partial charge is 0.492 e. The Morgan fingerprint density at radius 2 is 1.96 bits per heavy atom. The number of ether oxygens (including phenoxy) is 1. The maximum Gasteiger partial charge on any atom is 0.254 e. The molecule has 1 heterocycles. The summed E-state index contributed by atoms with van der Waals surface area (Å²) in [7, 11) is 0. The number of carbonyl (C=O) groups excluding carboxylic acids is 2. The lowest BCUT2D eigenvalue weighted by molar-refractivity contribution is -0.126. The van der Waals surface area contributed by atoms with E-state index in [9.17, 15) is 9.59 Å². The van der Waals surface area contributed by atoms with Gasteiger partial charge in [-0.15, -0.1) is 0 Å². The van der Waals surface area contributed by atoms with Gasteiger partial charge in [-0.05, 0) is 37.3 Å². The highest BCUT2D eigenvalue weighted by atomic mass is 35.5. The molecular formula is C19H19ClN2O3. The summed E-state index contributed by atoms with van der Waals surface area (Å²) >= 11 is 5.85. The van der Waals surface area contributed by atoms with E-state index in [0.29, 0.717) is 23.9 Å². The molecule has 2 aromatic rings. The van der Waals surface area contributed by atoms with Gasteiger partial charge in [-0.2, -0.15) is 0 Å². The van der Waals surface area contributed by atoms with Crippen molar-refractivity contribution in [3.05, 3.63) is 58.6 Å². The highest BCUT2D eigenvalue weighted by Gasteiger charge is 2.37. The molecule has 1 N–H and O–H groups in total. The zero-order valence-electron chi connectivity index (χ0n) is 14.1. The van der Waals surface area contributed by atoms with Crippen molar-refractivity contribution in [3.63, 3.8) is 0 Å². The number of aryl methyl sites for hydroxylation is 1. The second-order valence-corrected chi connectivity index (χ2v) is 6.42. The quantitative estimate of drug-likeness (QED) is 0.892. The molecule has 6 heteroatoms. The molecule has 0 spiro atoms. The maximum absolute atomic E-state index is 12.7. The van der Waals surface area contributed by atoms with Crippen molar-refractivity contribution in [2.45, 2.75) is 19.9 Å². The van der Waals surface area contributed by atoms with E-state index in [2.05, 4.69) is 5.32 Å². The molecule has 1 aliphatic heterocycles. The van der Waals surface area contributed by atoms with Gasteiger partial charge >= 0.3 is 0 Å². The second-order valence-electron chi connectivity index (χ2n) is 5.99. The predicted octanol–water partition coefficient (Wildman–Crippen LogP) is 3.25. The summed E-state index contributed by atoms with van der Waals surface area (Å²) < 4.78 is 5.69. The number of hydrogen-bond acceptors (Lipinski definition) is 3. The first kappa shape index (κ1) is 17.3. The third-order valence-electron chi connectivity index (χ3n) is 4.04. The van der Waals surface area contributed by atoms with Crippen LogP contribution < -0.4 is 15.0 Å². The van der Waals surface area contributed by atoms with Crippen LogP contribution in [0, 0.1) is 6.92 Å². The van der Waals surface area contributed by atoms with Crippen LogP contribution in [0.5, 0.6) is 5.75 Å². The van der Waals surface area contributed by atoms with E-state index in [1.807, 2.05) is 25.1 Å². The molecule has 0 unspecified atom stereocenters. The van der Waals surface area contributed by atoms with Crippen LogP contribution in [0.4, 0.5) is 5.69 Å². The number of halogens is 1. The molecule has 1 atom stereocenters. The summed E-state index contributed by atoms with van der Waals surface area (Å²) in [4.78, 5) is 25.8. The second kappa shape index (κ2) is 7.15. The lowest BCUT2D eigenvalue weighted by Crippen LogP contribution is -2.38. The highest BCUT2D eigenvalue weighted by molar-refractivity contribution is 6.30. The van der Waals surface area contributed by atoms with Gasteiger partial charge in [-0.3, -0.25) is 9.59 Å². The smallest absolute Gasteiger partial charge is 0.254 e. The molecule has 130 valence electrons. The average molecular weight is 359 g/mol. The Morgan fingerprint density at radius 1 is 1.24 bits per heavy atom. The normalized spacial score (nSPS) is 15.9. The first-order valence-corrected chi connectivity index (χ1v) is 8.41. The fourth-order valence-electron chi connectivity index (χ4n) is 2.92. The van der Waals surface area contributed by atoms with Crippen LogP contribution in [-0.2, 0) is 9.59 Å². The van der Waals surface area contributed by atoms with Crippen LogP contribution in [0.25, 0.3) is 0 Å². The lowest BCUT2D eigenvalue weighted by Gasteiger charge is -2.18. The van der Waals surface area contributed by atoms with Crippen LogP contribution in [0.2, 0.25) is 5.02 Å². The van der Waals surface area contributed by atoms with Gasteiger partial charge in [0.2, 0.25) is 5.91 Å². The van der Waals surface area contributed by atoms with E-state index < -0.39 is 6.04 Å². The number of fused-ring (bicyclic) bond motifs is 1. The molecule has 0 aliphatic carbocycles. The van der Waals surface area contributed by atoms with Crippen LogP contribution in [0.3, 0.4) is 0 Å². The number of carbonyl (C=O) groups is 2. The zero-order chi connectivity index (χ0) is 18.0. The van der Waals surface area contributed by atoms with Crippen molar-refractivity contribution in [1.29, 1.82) is 0 Å². The van der Waals surface area contributed by atoms with Gasteiger partial charge in [-0.25, -0.2) is 0 Å². The van der Waals surface area contributed by atoms with E-state index in [1.54, 1.807) is 29.2 Å². The summed E-state index contributed by atoms with van der Waals surface area (Å²) in [5, 5.41) is 3.38. The maximum atomic E-state index is 12.7. The molecular weight excluding hydrogens is 340 g/mol. The standard InChI is InChI=1S/C19H19ClN2O3/c1-12-3-8-17-16(11-12)18(21-13(2)23)19(24)22(17)9-10-25-15-6-4-14(20)5-7-15/h3-8,11,18H,9-10H2,1-2H3,(H,21,23)/t18-/m1/s1. The van der Waals surface area contributed by atoms with Gasteiger partial charge in [0.15, 0.2) is 0 Å². The monoisotopic (exact) mass is 358 g/mol. The molecule has 2 amide bonds. The van der Waals surface area contributed by atoms with Crippen molar-refractivity contribution >= 4 is 29.1 Å². The van der Waals surface area contributed by atoms with Gasteiger partial charge < -0.3 is 15.0 Å². The third kappa shape index (κ3) is 3.77. The Labute approximate surface area is 151 Å². The van der Waals surface area contributed by atoms with Crippen molar-refractivity contribution in [2.24, 2.45) is 0 Å². The van der Waals surface area contributed by atoms with Gasteiger partial charge in [0.25, 0.3) is 5.91 Å². The summed E-state index contributed by atoms with van der Waals surface area (Å²) in [6, 6.07) is 12.2. The molecule has 1 aliphatic rings. The molecule has 3 rings (SSSR count). The summed E-state index contributed by atoms with van der Waals surface area (Å²) in [6.45, 7) is 4.11. The molecule has 5 nitrogen and oxygen atoms in total. The predicted molar refractivity (Wildman–Crippen MR) is 97.0 cm³/mol. The molecule has 0 bridgehead atoms. The van der Waals surface area contributed by atoms with Gasteiger partial charge in [0, 0.05) is 23.2 Å². The van der Waals surface area contributed by atoms with Crippen LogP contribution >= 0.6 is 11.6 Å². The minimum absolute atomic E-state index is 0.143. The first-order valence-electron chi connectivity index (χ1n) is 8.03. The van der Waals surface area contributed by atoms with Crippen molar-refractivity contribution in [3.8, 4) is 5.75 Å². The minimum atomic E-state index is -0.636. The van der Waals surface area contributed by atoms with Gasteiger partial charge in [-0.1, -0.05) is 29.3 Å². The fourth-order valence-corrected chi connectivity index (χ4v) is 3.04. The Hall–Kier alpha value is -2.53. The number of rotatable bonds is 5. The number of amides is 2. The summed E-state index contributed by atoms with van der Waals surface area (Å²) in [5.41, 5.74) is 2.68. The average Bonchev–Trinajstić information content (AvgIpc) is 2.81. The molecule has 0 radical (unpaired) electrons. The minimum Gasteiger partial charge on any atom is -0.492 e. The van der Waals surface area contributed by atoms with Gasteiger partial charge in [0.05, 0.1) is 6.54 Å². The van der Waals surface area contributed by atoms with Crippen LogP contribution in [-0.4, -0.2) is 25.0 Å². The number of hydrogen-bond donors (Lipinski definition) is 1. The van der Waals surface area contributed by atoms with E-state index in [-0.39, 0.29) is 11.8 Å². The number of nitrogens with one attached hydrogen (secondary N) is 1. The number of benzene rings is 2. The van der Waals surface area contributed by atoms with Crippen molar-refractivity contribution in [2.75, 3.05) is 18.1 Å². The molecule has 25 heavy (non-hydrogen) atoms. The van der Waals surface area contributed by atoms with Crippen molar-refractivity contribution < 1.29 is 14.3 Å². The van der Waals surface area contributed by atoms with E-state index >= 15 is 0 Å². The summed E-state index contributed by atoms with van der Waals surface area (Å²) in [5.74, 6) is 0.319. The third-order valence-corrected chi connectivity index (χ3v) is 4.29. The molecule has 0 fully saturated rings. The van der Waals surface area contributed by atoms with Crippen molar-refractivity contribution in [1.82, 2.24) is 5.32 Å². The van der Waals surface area contributed by atoms with Crippen LogP contribution in [0.1, 0.15) is 24.1 Å². The Balaban J connectivity index is 1.74. The van der Waals surface area contributed by atoms with Gasteiger partial charge in [0.1, 0.15) is 18.4 Å². The first-order chi connectivity index (χ1) is 12.0. The Bertz CT molecular complexity index is 805. The zero-order valence-corrected chi connectivity index (χ0v) is 14.8. The molecule has 0 aromatic heterocycles. The topological polar surface area (TPSA) is 58.6 Å². The fraction of sp³-hybridized carbons (Fsp3) is 0.263. The summed E-state index contributed by atoms with van der Waals surface area (Å²) in [6.07, 6.45) is 0. The van der Waals surface area contributed by atoms with Crippen LogP contribution in [0.15, 0.2) is 42.5 Å². The Morgan fingerprint density at radius 3 is 2.64 bits per heavy atom. The van der Waals surface area contributed by atoms with E-state index in [1.165, 1.54) is 6.92 Å². The molecule has 0 saturated heterocycles. The highest BCUT2D eigenvalue weighted by Crippen LogP contribution is 2.36. The molecule has 0 saturated carbocycles. The SMILES string of the molecule is CC(=O)N[C@H]1C(=O)N(CCOc2ccc(Cl)cc2)c2ccc(C)cc21. The van der Waals surface area contributed by atoms with E-state index in [4.69, 9.17) is 16.3 Å². The number of nitrogens with zero attached hydrogens (tertiary/aromatic N) is 1.